The lowest BCUT2D eigenvalue weighted by Gasteiger charge is -2.45. The van der Waals surface area contributed by atoms with Crippen molar-refractivity contribution in [1.29, 1.82) is 0 Å². The predicted octanol–water partition coefficient (Wildman–Crippen LogP) is 4.28. The summed E-state index contributed by atoms with van der Waals surface area (Å²) in [7, 11) is 0. The SMILES string of the molecule is C[C@H]1CN(CCc2ccc(Cl)cc2)CC[C@]1(C)c1cccc(C(N)=O)c1. The van der Waals surface area contributed by atoms with E-state index in [0.29, 0.717) is 11.5 Å². The number of amides is 1. The van der Waals surface area contributed by atoms with Crippen LogP contribution in [0.1, 0.15) is 41.8 Å². The predicted molar refractivity (Wildman–Crippen MR) is 108 cm³/mol. The Morgan fingerprint density at radius 2 is 2.00 bits per heavy atom. The molecule has 1 heterocycles. The summed E-state index contributed by atoms with van der Waals surface area (Å²) in [4.78, 5) is 14.1. The Bertz CT molecular complexity index is 774. The van der Waals surface area contributed by atoms with Gasteiger partial charge in [0, 0.05) is 23.7 Å². The molecule has 0 unspecified atom stereocenters. The van der Waals surface area contributed by atoms with Gasteiger partial charge in [0.1, 0.15) is 0 Å². The van der Waals surface area contributed by atoms with E-state index in [1.807, 2.05) is 24.3 Å². The highest BCUT2D eigenvalue weighted by Crippen LogP contribution is 2.39. The third-order valence-electron chi connectivity index (χ3n) is 6.00. The van der Waals surface area contributed by atoms with Crippen LogP contribution in [0, 0.1) is 5.92 Å². The normalized spacial score (nSPS) is 23.7. The van der Waals surface area contributed by atoms with Crippen LogP contribution >= 0.6 is 11.6 Å². The second-order valence-corrected chi connectivity index (χ2v) is 8.13. The van der Waals surface area contributed by atoms with Crippen molar-refractivity contribution in [2.24, 2.45) is 11.7 Å². The molecule has 0 bridgehead atoms. The molecule has 26 heavy (non-hydrogen) atoms. The highest BCUT2D eigenvalue weighted by molar-refractivity contribution is 6.30. The first-order chi connectivity index (χ1) is 12.4. The van der Waals surface area contributed by atoms with E-state index in [1.54, 1.807) is 6.07 Å². The maximum Gasteiger partial charge on any atom is 0.248 e. The quantitative estimate of drug-likeness (QED) is 0.853. The Morgan fingerprint density at radius 3 is 2.65 bits per heavy atom. The fourth-order valence-electron chi connectivity index (χ4n) is 3.91. The summed E-state index contributed by atoms with van der Waals surface area (Å²) in [6.07, 6.45) is 2.12. The summed E-state index contributed by atoms with van der Waals surface area (Å²) in [5.74, 6) is 0.146. The molecule has 2 aromatic carbocycles. The lowest BCUT2D eigenvalue weighted by molar-refractivity contribution is 0.0998. The monoisotopic (exact) mass is 370 g/mol. The molecule has 1 fully saturated rings. The molecule has 1 aliphatic heterocycles. The fraction of sp³-hybridized carbons (Fsp3) is 0.409. The summed E-state index contributed by atoms with van der Waals surface area (Å²) >= 11 is 5.96. The zero-order valence-electron chi connectivity index (χ0n) is 15.5. The van der Waals surface area contributed by atoms with E-state index >= 15 is 0 Å². The minimum absolute atomic E-state index is 0.0717. The molecule has 2 atom stereocenters. The van der Waals surface area contributed by atoms with Crippen molar-refractivity contribution in [3.05, 3.63) is 70.2 Å². The topological polar surface area (TPSA) is 46.3 Å². The molecule has 0 radical (unpaired) electrons. The maximum absolute atomic E-state index is 11.5. The lowest BCUT2D eigenvalue weighted by atomic mass is 9.68. The molecule has 1 amide bonds. The number of nitrogens with two attached hydrogens (primary N) is 1. The molecule has 4 heteroatoms. The van der Waals surface area contributed by atoms with Gasteiger partial charge in [-0.1, -0.05) is 49.7 Å². The standard InChI is InChI=1S/C22H27ClN2O/c1-16-15-25(12-10-17-6-8-20(23)9-7-17)13-11-22(16,2)19-5-3-4-18(14-19)21(24)26/h3-9,14,16H,10-13,15H2,1-2H3,(H2,24,26)/t16-,22-/m0/s1. The summed E-state index contributed by atoms with van der Waals surface area (Å²) in [5, 5.41) is 0.786. The Kier molecular flexibility index (Phi) is 5.69. The van der Waals surface area contributed by atoms with Gasteiger partial charge in [0.2, 0.25) is 5.91 Å². The van der Waals surface area contributed by atoms with Gasteiger partial charge >= 0.3 is 0 Å². The number of carbonyl (C=O) groups is 1. The third kappa shape index (κ3) is 4.11. The second kappa shape index (κ2) is 7.81. The first kappa shape index (κ1) is 18.9. The van der Waals surface area contributed by atoms with Crippen molar-refractivity contribution in [2.45, 2.75) is 32.1 Å². The molecule has 0 spiro atoms. The van der Waals surface area contributed by atoms with Gasteiger partial charge < -0.3 is 10.6 Å². The van der Waals surface area contributed by atoms with Crippen molar-refractivity contribution in [3.8, 4) is 0 Å². The minimum atomic E-state index is -0.358. The first-order valence-electron chi connectivity index (χ1n) is 9.25. The van der Waals surface area contributed by atoms with Crippen molar-refractivity contribution < 1.29 is 4.79 Å². The van der Waals surface area contributed by atoms with Crippen molar-refractivity contribution in [1.82, 2.24) is 4.90 Å². The molecule has 1 saturated heterocycles. The van der Waals surface area contributed by atoms with Gasteiger partial charge in [-0.15, -0.1) is 0 Å². The number of hydrogen-bond acceptors (Lipinski definition) is 2. The van der Waals surface area contributed by atoms with Gasteiger partial charge in [-0.3, -0.25) is 4.79 Å². The summed E-state index contributed by atoms with van der Waals surface area (Å²) < 4.78 is 0. The lowest BCUT2D eigenvalue weighted by Crippen LogP contribution is -2.47. The van der Waals surface area contributed by atoms with Crippen LogP contribution in [0.4, 0.5) is 0 Å². The van der Waals surface area contributed by atoms with Gasteiger partial charge in [0.25, 0.3) is 0 Å². The van der Waals surface area contributed by atoms with E-state index in [-0.39, 0.29) is 11.3 Å². The van der Waals surface area contributed by atoms with Crippen LogP contribution in [0.3, 0.4) is 0 Å². The minimum Gasteiger partial charge on any atom is -0.366 e. The van der Waals surface area contributed by atoms with E-state index in [9.17, 15) is 4.79 Å². The van der Waals surface area contributed by atoms with Crippen molar-refractivity contribution >= 4 is 17.5 Å². The average molecular weight is 371 g/mol. The highest BCUT2D eigenvalue weighted by atomic mass is 35.5. The van der Waals surface area contributed by atoms with E-state index in [4.69, 9.17) is 17.3 Å². The Balaban J connectivity index is 1.64. The highest BCUT2D eigenvalue weighted by Gasteiger charge is 2.37. The molecule has 138 valence electrons. The summed E-state index contributed by atoms with van der Waals surface area (Å²) in [5.41, 5.74) is 8.68. The number of likely N-dealkylation sites (tertiary alicyclic amines) is 1. The summed E-state index contributed by atoms with van der Waals surface area (Å²) in [6, 6.07) is 16.0. The number of benzene rings is 2. The molecule has 1 aliphatic rings. The number of piperidine rings is 1. The van der Waals surface area contributed by atoms with Crippen molar-refractivity contribution in [3.63, 3.8) is 0 Å². The maximum atomic E-state index is 11.5. The van der Waals surface area contributed by atoms with Crippen LogP contribution in [-0.4, -0.2) is 30.4 Å². The molecule has 3 nitrogen and oxygen atoms in total. The zero-order chi connectivity index (χ0) is 18.7. The van der Waals surface area contributed by atoms with Crippen molar-refractivity contribution in [2.75, 3.05) is 19.6 Å². The molecule has 2 N–H and O–H groups in total. The van der Waals surface area contributed by atoms with Crippen LogP contribution in [0.5, 0.6) is 0 Å². The number of carbonyl (C=O) groups excluding carboxylic acids is 1. The first-order valence-corrected chi connectivity index (χ1v) is 9.63. The molecule has 0 aromatic heterocycles. The summed E-state index contributed by atoms with van der Waals surface area (Å²) in [6.45, 7) is 7.81. The Morgan fingerprint density at radius 1 is 1.27 bits per heavy atom. The number of rotatable bonds is 5. The van der Waals surface area contributed by atoms with E-state index in [1.165, 1.54) is 11.1 Å². The zero-order valence-corrected chi connectivity index (χ0v) is 16.3. The molecule has 2 aromatic rings. The molecular weight excluding hydrogens is 344 g/mol. The third-order valence-corrected chi connectivity index (χ3v) is 6.26. The van der Waals surface area contributed by atoms with Gasteiger partial charge in [0.15, 0.2) is 0 Å². The molecule has 3 rings (SSSR count). The number of nitrogens with zero attached hydrogens (tertiary/aromatic N) is 1. The van der Waals surface area contributed by atoms with E-state index < -0.39 is 0 Å². The van der Waals surface area contributed by atoms with Crippen LogP contribution in [0.2, 0.25) is 5.02 Å². The fourth-order valence-corrected chi connectivity index (χ4v) is 4.04. The van der Waals surface area contributed by atoms with Gasteiger partial charge in [-0.05, 0) is 66.1 Å². The Hall–Kier alpha value is -1.84. The van der Waals surface area contributed by atoms with Crippen LogP contribution in [0.15, 0.2) is 48.5 Å². The smallest absolute Gasteiger partial charge is 0.248 e. The molecular formula is C22H27ClN2O. The van der Waals surface area contributed by atoms with E-state index in [0.717, 1.165) is 37.5 Å². The van der Waals surface area contributed by atoms with Gasteiger partial charge in [0.05, 0.1) is 0 Å². The van der Waals surface area contributed by atoms with Gasteiger partial charge in [-0.25, -0.2) is 0 Å². The molecule has 0 aliphatic carbocycles. The molecule has 0 saturated carbocycles. The second-order valence-electron chi connectivity index (χ2n) is 7.69. The number of hydrogen-bond donors (Lipinski definition) is 1. The van der Waals surface area contributed by atoms with Crippen LogP contribution in [-0.2, 0) is 11.8 Å². The number of halogens is 1. The van der Waals surface area contributed by atoms with E-state index in [2.05, 4.69) is 36.9 Å². The van der Waals surface area contributed by atoms with Crippen LogP contribution < -0.4 is 5.73 Å². The number of primary amides is 1. The van der Waals surface area contributed by atoms with Gasteiger partial charge in [-0.2, -0.15) is 0 Å². The largest absolute Gasteiger partial charge is 0.366 e. The van der Waals surface area contributed by atoms with Crippen LogP contribution in [0.25, 0.3) is 0 Å². The Labute approximate surface area is 161 Å². The average Bonchev–Trinajstić information content (AvgIpc) is 2.64.